The third-order valence-electron chi connectivity index (χ3n) is 4.80. The zero-order valence-electron chi connectivity index (χ0n) is 16.8. The van der Waals surface area contributed by atoms with E-state index in [-0.39, 0.29) is 5.69 Å². The van der Waals surface area contributed by atoms with E-state index in [9.17, 15) is 9.18 Å². The highest BCUT2D eigenvalue weighted by molar-refractivity contribution is 7.13. The van der Waals surface area contributed by atoms with E-state index in [4.69, 9.17) is 0 Å². The first kappa shape index (κ1) is 19.8. The summed E-state index contributed by atoms with van der Waals surface area (Å²) in [7, 11) is 0. The number of hydrogen-bond acceptors (Lipinski definition) is 6. The van der Waals surface area contributed by atoms with Crippen LogP contribution in [0.1, 0.15) is 16.2 Å². The molecule has 1 N–H and O–H groups in total. The number of rotatable bonds is 5. The summed E-state index contributed by atoms with van der Waals surface area (Å²) in [5.41, 5.74) is 2.22. The molecule has 2 aromatic carbocycles. The van der Waals surface area contributed by atoms with Crippen LogP contribution in [0.25, 0.3) is 21.9 Å². The average Bonchev–Trinajstić information content (AvgIpc) is 3.56. The first-order chi connectivity index (χ1) is 15.6. The number of hydrogen-bond donors (Lipinski definition) is 1. The van der Waals surface area contributed by atoms with Gasteiger partial charge in [0.15, 0.2) is 5.82 Å². The molecule has 0 saturated carbocycles. The van der Waals surface area contributed by atoms with Crippen molar-refractivity contribution in [3.05, 3.63) is 89.4 Å². The van der Waals surface area contributed by atoms with E-state index in [0.29, 0.717) is 22.8 Å². The third kappa shape index (κ3) is 3.67. The molecule has 32 heavy (non-hydrogen) atoms. The molecule has 5 rings (SSSR count). The Hall–Kier alpha value is -4.18. The van der Waals surface area contributed by atoms with Crippen LogP contribution in [0.5, 0.6) is 0 Å². The largest absolute Gasteiger partial charge is 0.319 e. The molecule has 3 aromatic heterocycles. The number of tetrazole rings is 1. The van der Waals surface area contributed by atoms with Crippen LogP contribution >= 0.6 is 11.3 Å². The Labute approximate surface area is 185 Å². The number of amides is 1. The first-order valence-electron chi connectivity index (χ1n) is 9.65. The molecule has 158 valence electrons. The van der Waals surface area contributed by atoms with Crippen LogP contribution in [0.2, 0.25) is 0 Å². The van der Waals surface area contributed by atoms with E-state index in [1.165, 1.54) is 28.2 Å². The van der Waals surface area contributed by atoms with Gasteiger partial charge in [-0.15, -0.1) is 16.4 Å². The summed E-state index contributed by atoms with van der Waals surface area (Å²) in [6.07, 6.45) is 1.65. The van der Waals surface area contributed by atoms with E-state index in [0.717, 1.165) is 10.6 Å². The summed E-state index contributed by atoms with van der Waals surface area (Å²) in [6, 6.07) is 17.5. The lowest BCUT2D eigenvalue weighted by Crippen LogP contribution is -2.14. The number of nitrogens with zero attached hydrogens (tertiary/aromatic N) is 6. The van der Waals surface area contributed by atoms with Crippen LogP contribution in [0, 0.1) is 12.7 Å². The fraction of sp³-hybridized carbons (Fsp3) is 0.0455. The molecule has 0 fully saturated rings. The number of anilines is 1. The number of carbonyl (C=O) groups is 1. The maximum Gasteiger partial charge on any atom is 0.259 e. The van der Waals surface area contributed by atoms with Crippen molar-refractivity contribution in [3.8, 4) is 21.9 Å². The van der Waals surface area contributed by atoms with Gasteiger partial charge in [0.2, 0.25) is 0 Å². The molecule has 0 saturated heterocycles. The van der Waals surface area contributed by atoms with Gasteiger partial charge in [0, 0.05) is 6.20 Å². The third-order valence-corrected chi connectivity index (χ3v) is 5.68. The van der Waals surface area contributed by atoms with E-state index in [1.807, 2.05) is 47.8 Å². The Morgan fingerprint density at radius 2 is 1.91 bits per heavy atom. The molecule has 0 aliphatic heterocycles. The predicted octanol–water partition coefficient (Wildman–Crippen LogP) is 4.28. The highest BCUT2D eigenvalue weighted by atomic mass is 32.1. The van der Waals surface area contributed by atoms with Gasteiger partial charge in [-0.1, -0.05) is 24.3 Å². The Kier molecular flexibility index (Phi) is 5.04. The predicted molar refractivity (Wildman–Crippen MR) is 119 cm³/mol. The van der Waals surface area contributed by atoms with Crippen molar-refractivity contribution >= 4 is 22.9 Å². The molecule has 0 bridgehead atoms. The molecule has 0 aliphatic rings. The molecule has 1 amide bonds. The van der Waals surface area contributed by atoms with Crippen LogP contribution in [0.15, 0.2) is 72.2 Å². The van der Waals surface area contributed by atoms with E-state index in [1.54, 1.807) is 23.9 Å². The van der Waals surface area contributed by atoms with Gasteiger partial charge in [-0.05, 0) is 59.1 Å². The van der Waals surface area contributed by atoms with Gasteiger partial charge in [-0.3, -0.25) is 4.79 Å². The minimum absolute atomic E-state index is 0.0204. The van der Waals surface area contributed by atoms with Crippen LogP contribution in [0.4, 0.5) is 10.1 Å². The number of aryl methyl sites for hydroxylation is 1. The fourth-order valence-electron chi connectivity index (χ4n) is 3.25. The number of para-hydroxylation sites is 1. The number of nitrogens with one attached hydrogen (secondary N) is 1. The second-order valence-electron chi connectivity index (χ2n) is 6.90. The van der Waals surface area contributed by atoms with Crippen molar-refractivity contribution in [2.24, 2.45) is 0 Å². The van der Waals surface area contributed by atoms with Crippen molar-refractivity contribution < 1.29 is 9.18 Å². The number of carbonyl (C=O) groups excluding carboxylic acids is 1. The van der Waals surface area contributed by atoms with E-state index >= 15 is 0 Å². The summed E-state index contributed by atoms with van der Waals surface area (Å²) in [4.78, 5) is 14.1. The molecule has 0 spiro atoms. The van der Waals surface area contributed by atoms with Gasteiger partial charge >= 0.3 is 0 Å². The Morgan fingerprint density at radius 3 is 2.62 bits per heavy atom. The maximum atomic E-state index is 14.5. The number of thiophene rings is 1. The lowest BCUT2D eigenvalue weighted by atomic mass is 10.2. The Balaban J connectivity index is 1.52. The molecule has 0 unspecified atom stereocenters. The summed E-state index contributed by atoms with van der Waals surface area (Å²) < 4.78 is 17.6. The maximum absolute atomic E-state index is 14.5. The highest BCUT2D eigenvalue weighted by Crippen LogP contribution is 2.29. The molecule has 0 radical (unpaired) electrons. The zero-order chi connectivity index (χ0) is 22.1. The summed E-state index contributed by atoms with van der Waals surface area (Å²) in [5, 5.41) is 20.5. The molecule has 3 heterocycles. The zero-order valence-corrected chi connectivity index (χ0v) is 17.6. The van der Waals surface area contributed by atoms with Crippen LogP contribution in [-0.4, -0.2) is 35.9 Å². The Morgan fingerprint density at radius 1 is 1.06 bits per heavy atom. The molecular weight excluding hydrogens is 429 g/mol. The average molecular weight is 445 g/mol. The SMILES string of the molecule is Cc1nnnn1-c1ccc(F)c(NC(=O)c2cn(-c3ccccc3)nc2-c2cccs2)c1. The molecule has 10 heteroatoms. The molecule has 5 aromatic rings. The summed E-state index contributed by atoms with van der Waals surface area (Å²) in [5.74, 6) is -0.501. The van der Waals surface area contributed by atoms with Gasteiger partial charge in [-0.2, -0.15) is 9.78 Å². The highest BCUT2D eigenvalue weighted by Gasteiger charge is 2.21. The quantitative estimate of drug-likeness (QED) is 0.436. The van der Waals surface area contributed by atoms with Crippen LogP contribution < -0.4 is 5.32 Å². The van der Waals surface area contributed by atoms with Gasteiger partial charge in [0.05, 0.1) is 27.5 Å². The minimum atomic E-state index is -0.569. The van der Waals surface area contributed by atoms with Gasteiger partial charge in [0.25, 0.3) is 5.91 Å². The monoisotopic (exact) mass is 445 g/mol. The van der Waals surface area contributed by atoms with Crippen LogP contribution in [0.3, 0.4) is 0 Å². The molecule has 0 aliphatic carbocycles. The molecule has 8 nitrogen and oxygen atoms in total. The van der Waals surface area contributed by atoms with E-state index in [2.05, 4.69) is 25.9 Å². The standard InChI is InChI=1S/C22H16FN7OS/c1-14-25-27-28-30(14)16-9-10-18(23)19(12-16)24-22(31)17-13-29(15-6-3-2-4-7-15)26-21(17)20-8-5-11-32-20/h2-13H,1H3,(H,24,31). The van der Waals surface area contributed by atoms with Crippen molar-refractivity contribution in [1.82, 2.24) is 30.0 Å². The van der Waals surface area contributed by atoms with Gasteiger partial charge in [-0.25, -0.2) is 9.07 Å². The number of benzene rings is 2. The first-order valence-corrected chi connectivity index (χ1v) is 10.5. The number of aromatic nitrogens is 6. The van der Waals surface area contributed by atoms with Crippen molar-refractivity contribution in [3.63, 3.8) is 0 Å². The van der Waals surface area contributed by atoms with Crippen molar-refractivity contribution in [2.45, 2.75) is 6.92 Å². The van der Waals surface area contributed by atoms with Crippen molar-refractivity contribution in [1.29, 1.82) is 0 Å². The molecule has 0 atom stereocenters. The van der Waals surface area contributed by atoms with E-state index < -0.39 is 11.7 Å². The van der Waals surface area contributed by atoms with Gasteiger partial charge < -0.3 is 5.32 Å². The topological polar surface area (TPSA) is 90.5 Å². The fourth-order valence-corrected chi connectivity index (χ4v) is 3.97. The molecular formula is C22H16FN7OS. The number of halogens is 1. The van der Waals surface area contributed by atoms with Crippen LogP contribution in [-0.2, 0) is 0 Å². The van der Waals surface area contributed by atoms with Crippen molar-refractivity contribution in [2.75, 3.05) is 5.32 Å². The summed E-state index contributed by atoms with van der Waals surface area (Å²) >= 11 is 1.47. The Bertz CT molecular complexity index is 1390. The lowest BCUT2D eigenvalue weighted by Gasteiger charge is -2.09. The normalized spacial score (nSPS) is 10.9. The second-order valence-corrected chi connectivity index (χ2v) is 7.85. The smallest absolute Gasteiger partial charge is 0.259 e. The lowest BCUT2D eigenvalue weighted by molar-refractivity contribution is 0.102. The minimum Gasteiger partial charge on any atom is -0.319 e. The summed E-state index contributed by atoms with van der Waals surface area (Å²) in [6.45, 7) is 1.73. The second kappa shape index (κ2) is 8.16. The van der Waals surface area contributed by atoms with Gasteiger partial charge in [0.1, 0.15) is 11.5 Å².